The summed E-state index contributed by atoms with van der Waals surface area (Å²) in [6, 6.07) is 17.6. The molecule has 9 heteroatoms. The Morgan fingerprint density at radius 2 is 1.86 bits per heavy atom. The number of esters is 1. The van der Waals surface area contributed by atoms with Crippen LogP contribution in [0.4, 0.5) is 5.69 Å². The summed E-state index contributed by atoms with van der Waals surface area (Å²) in [5.74, 6) is -1.43. The molecule has 0 bridgehead atoms. The number of rotatable bonds is 8. The van der Waals surface area contributed by atoms with Gasteiger partial charge in [0.2, 0.25) is 0 Å². The van der Waals surface area contributed by atoms with Crippen LogP contribution in [0.15, 0.2) is 96.0 Å². The maximum absolute atomic E-state index is 13.7. The monoisotopic (exact) mass is 470 g/mol. The van der Waals surface area contributed by atoms with Crippen LogP contribution in [0.3, 0.4) is 0 Å². The minimum Gasteiger partial charge on any atom is -0.467 e. The lowest BCUT2D eigenvalue weighted by Crippen LogP contribution is -2.44. The number of aromatic nitrogens is 2. The number of hydrogen-bond acceptors (Lipinski definition) is 7. The van der Waals surface area contributed by atoms with Crippen molar-refractivity contribution < 1.29 is 23.5 Å². The molecule has 0 aliphatic heterocycles. The highest BCUT2D eigenvalue weighted by atomic mass is 16.5. The van der Waals surface area contributed by atoms with Crippen LogP contribution in [0.1, 0.15) is 38.2 Å². The first-order valence-corrected chi connectivity index (χ1v) is 10.7. The predicted molar refractivity (Wildman–Crippen MR) is 126 cm³/mol. The number of nitrogens with one attached hydrogen (secondary N) is 1. The van der Waals surface area contributed by atoms with Gasteiger partial charge in [0, 0.05) is 24.6 Å². The van der Waals surface area contributed by atoms with Gasteiger partial charge in [-0.3, -0.25) is 19.5 Å². The zero-order valence-corrected chi connectivity index (χ0v) is 18.8. The van der Waals surface area contributed by atoms with Crippen LogP contribution in [-0.4, -0.2) is 34.9 Å². The summed E-state index contributed by atoms with van der Waals surface area (Å²) in [6.45, 7) is 0.242. The number of furan rings is 1. The Morgan fingerprint density at radius 1 is 1.03 bits per heavy atom. The lowest BCUT2D eigenvalue weighted by molar-refractivity contribution is -0.123. The molecule has 9 nitrogen and oxygen atoms in total. The lowest BCUT2D eigenvalue weighted by Gasteiger charge is -2.29. The fourth-order valence-electron chi connectivity index (χ4n) is 3.52. The zero-order chi connectivity index (χ0) is 24.6. The van der Waals surface area contributed by atoms with E-state index in [-0.39, 0.29) is 29.2 Å². The summed E-state index contributed by atoms with van der Waals surface area (Å²) in [5, 5.41) is 2.87. The second-order valence-electron chi connectivity index (χ2n) is 7.43. The van der Waals surface area contributed by atoms with Gasteiger partial charge in [0.05, 0.1) is 25.1 Å². The Labute approximate surface area is 201 Å². The fraction of sp³-hybridized carbons (Fsp3) is 0.115. The molecule has 0 saturated carbocycles. The number of amides is 2. The van der Waals surface area contributed by atoms with E-state index in [1.165, 1.54) is 42.9 Å². The van der Waals surface area contributed by atoms with Gasteiger partial charge in [-0.2, -0.15) is 0 Å². The van der Waals surface area contributed by atoms with E-state index < -0.39 is 23.8 Å². The number of hydrogen-bond donors (Lipinski definition) is 1. The third-order valence-electron chi connectivity index (χ3n) is 5.18. The number of methoxy groups -OCH3 is 1. The van der Waals surface area contributed by atoms with Gasteiger partial charge in [0.25, 0.3) is 11.8 Å². The molecule has 0 aliphatic rings. The van der Waals surface area contributed by atoms with E-state index >= 15 is 0 Å². The molecule has 4 aromatic rings. The molecule has 1 atom stereocenters. The van der Waals surface area contributed by atoms with E-state index in [1.54, 1.807) is 30.3 Å². The van der Waals surface area contributed by atoms with Crippen molar-refractivity contribution in [1.82, 2.24) is 15.3 Å². The standard InChI is InChI=1S/C26H22N4O5/c1-34-26(33)19-9-5-10-20(15-19)30(25(32)21-17-27-12-13-28-21)23(22-11-6-14-35-22)24(31)29-16-18-7-3-2-4-8-18/h2-15,17,23H,16H2,1H3,(H,29,31)/t23-/m1/s1. The Bertz CT molecular complexity index is 1290. The largest absolute Gasteiger partial charge is 0.467 e. The predicted octanol–water partition coefficient (Wildman–Crippen LogP) is 3.56. The van der Waals surface area contributed by atoms with Gasteiger partial charge in [-0.1, -0.05) is 36.4 Å². The van der Waals surface area contributed by atoms with E-state index in [0.29, 0.717) is 0 Å². The van der Waals surface area contributed by atoms with Gasteiger partial charge < -0.3 is 14.5 Å². The smallest absolute Gasteiger partial charge is 0.337 e. The van der Waals surface area contributed by atoms with Crippen LogP contribution in [0, 0.1) is 0 Å². The van der Waals surface area contributed by atoms with E-state index in [0.717, 1.165) is 5.56 Å². The fourth-order valence-corrected chi connectivity index (χ4v) is 3.52. The van der Waals surface area contributed by atoms with E-state index in [1.807, 2.05) is 30.3 Å². The minimum atomic E-state index is -1.20. The van der Waals surface area contributed by atoms with E-state index in [4.69, 9.17) is 9.15 Å². The van der Waals surface area contributed by atoms with E-state index in [9.17, 15) is 14.4 Å². The Hall–Kier alpha value is -4.79. The van der Waals surface area contributed by atoms with Crippen molar-refractivity contribution in [2.75, 3.05) is 12.0 Å². The molecular formula is C26H22N4O5. The minimum absolute atomic E-state index is 0.0170. The van der Waals surface area contributed by atoms with Crippen molar-refractivity contribution in [2.24, 2.45) is 0 Å². The van der Waals surface area contributed by atoms with Gasteiger partial charge in [-0.25, -0.2) is 9.78 Å². The van der Waals surface area contributed by atoms with Crippen LogP contribution >= 0.6 is 0 Å². The quantitative estimate of drug-likeness (QED) is 0.392. The number of carbonyl (C=O) groups is 3. The van der Waals surface area contributed by atoms with Crippen LogP contribution in [0.25, 0.3) is 0 Å². The highest BCUT2D eigenvalue weighted by Crippen LogP contribution is 2.30. The Morgan fingerprint density at radius 3 is 2.54 bits per heavy atom. The number of ether oxygens (including phenoxy) is 1. The topological polar surface area (TPSA) is 115 Å². The van der Waals surface area contributed by atoms with Crippen LogP contribution in [-0.2, 0) is 16.1 Å². The van der Waals surface area contributed by atoms with Gasteiger partial charge in [0.1, 0.15) is 11.5 Å². The summed E-state index contributed by atoms with van der Waals surface area (Å²) in [6.07, 6.45) is 5.55. The number of anilines is 1. The second kappa shape index (κ2) is 10.9. The average Bonchev–Trinajstić information content (AvgIpc) is 3.45. The molecule has 0 spiro atoms. The van der Waals surface area contributed by atoms with Gasteiger partial charge in [0.15, 0.2) is 6.04 Å². The maximum Gasteiger partial charge on any atom is 0.337 e. The first-order chi connectivity index (χ1) is 17.1. The summed E-state index contributed by atoms with van der Waals surface area (Å²) < 4.78 is 10.4. The zero-order valence-electron chi connectivity index (χ0n) is 18.8. The molecule has 2 amide bonds. The summed E-state index contributed by atoms with van der Waals surface area (Å²) >= 11 is 0. The molecule has 2 heterocycles. The SMILES string of the molecule is COC(=O)c1cccc(N(C(=O)c2cnccn2)[C@@H](C(=O)NCc2ccccc2)c2ccco2)c1. The first-order valence-electron chi connectivity index (χ1n) is 10.7. The molecular weight excluding hydrogens is 448 g/mol. The second-order valence-corrected chi connectivity index (χ2v) is 7.43. The highest BCUT2D eigenvalue weighted by molar-refractivity contribution is 6.09. The summed E-state index contributed by atoms with van der Waals surface area (Å²) in [7, 11) is 1.26. The van der Waals surface area contributed by atoms with Crippen LogP contribution < -0.4 is 10.2 Å². The van der Waals surface area contributed by atoms with Crippen LogP contribution in [0.2, 0.25) is 0 Å². The van der Waals surface area contributed by atoms with Crippen molar-refractivity contribution >= 4 is 23.5 Å². The molecule has 0 aliphatic carbocycles. The highest BCUT2D eigenvalue weighted by Gasteiger charge is 2.36. The molecule has 4 rings (SSSR count). The van der Waals surface area contributed by atoms with Crippen molar-refractivity contribution in [2.45, 2.75) is 12.6 Å². The van der Waals surface area contributed by atoms with Crippen molar-refractivity contribution in [1.29, 1.82) is 0 Å². The molecule has 0 saturated heterocycles. The molecule has 1 N–H and O–H groups in total. The molecule has 176 valence electrons. The molecule has 0 fully saturated rings. The van der Waals surface area contributed by atoms with Crippen molar-refractivity contribution in [3.05, 3.63) is 114 Å². The van der Waals surface area contributed by atoms with Crippen molar-refractivity contribution in [3.63, 3.8) is 0 Å². The molecule has 2 aromatic heterocycles. The Balaban J connectivity index is 1.78. The van der Waals surface area contributed by atoms with Gasteiger partial charge in [-0.15, -0.1) is 0 Å². The summed E-state index contributed by atoms with van der Waals surface area (Å²) in [5.41, 5.74) is 1.39. The molecule has 2 aromatic carbocycles. The first kappa shape index (κ1) is 23.4. The maximum atomic E-state index is 13.7. The van der Waals surface area contributed by atoms with E-state index in [2.05, 4.69) is 15.3 Å². The van der Waals surface area contributed by atoms with Crippen LogP contribution in [0.5, 0.6) is 0 Å². The lowest BCUT2D eigenvalue weighted by atomic mass is 10.1. The molecule has 0 radical (unpaired) electrons. The number of benzene rings is 2. The molecule has 35 heavy (non-hydrogen) atoms. The number of carbonyl (C=O) groups excluding carboxylic acids is 3. The van der Waals surface area contributed by atoms with Crippen molar-refractivity contribution in [3.8, 4) is 0 Å². The van der Waals surface area contributed by atoms with Gasteiger partial charge in [-0.05, 0) is 35.9 Å². The Kier molecular flexibility index (Phi) is 7.27. The normalized spacial score (nSPS) is 11.3. The molecule has 0 unspecified atom stereocenters. The summed E-state index contributed by atoms with van der Waals surface area (Å²) in [4.78, 5) is 48.7. The average molecular weight is 470 g/mol. The van der Waals surface area contributed by atoms with Gasteiger partial charge >= 0.3 is 5.97 Å². The number of nitrogens with zero attached hydrogens (tertiary/aromatic N) is 3. The third-order valence-corrected chi connectivity index (χ3v) is 5.18. The third kappa shape index (κ3) is 5.41.